The van der Waals surface area contributed by atoms with Crippen LogP contribution in [-0.2, 0) is 33.3 Å². The van der Waals surface area contributed by atoms with Crippen LogP contribution in [0.3, 0.4) is 0 Å². The van der Waals surface area contributed by atoms with Crippen LogP contribution < -0.4 is 10.6 Å². The lowest BCUT2D eigenvalue weighted by Crippen LogP contribution is -2.62. The summed E-state index contributed by atoms with van der Waals surface area (Å²) in [5, 5.41) is 31.0. The summed E-state index contributed by atoms with van der Waals surface area (Å²) in [6, 6.07) is 2.17. The van der Waals surface area contributed by atoms with E-state index in [1.807, 2.05) is 6.07 Å². The van der Waals surface area contributed by atoms with Crippen molar-refractivity contribution >= 4 is 35.7 Å². The SMILES string of the molecule is CC[C@H]1OC(=O)[C@@](C)(F)C(=O)[C@H](C)[C@@H](O[C@@H]2O[C@H](C)C[C@H](N(C)C)[C@H]2O)[C@](C)(OC(=O)NC/C=C/c2cccnc2)C[C@@H](C)/C(=N\O)[C@H](C)[C@H]2NC(=O)O[C@@]21C. The zero-order valence-corrected chi connectivity index (χ0v) is 33.9. The average molecular weight is 792 g/mol. The van der Waals surface area contributed by atoms with E-state index in [9.17, 15) is 29.5 Å². The van der Waals surface area contributed by atoms with Crippen molar-refractivity contribution in [2.75, 3.05) is 20.6 Å². The number of hydrogen-bond acceptors (Lipinski definition) is 14. The van der Waals surface area contributed by atoms with Crippen LogP contribution in [0.15, 0.2) is 35.8 Å². The number of rotatable bonds is 8. The van der Waals surface area contributed by atoms with E-state index in [4.69, 9.17) is 23.7 Å². The van der Waals surface area contributed by atoms with Crippen LogP contribution in [-0.4, -0.2) is 130 Å². The maximum Gasteiger partial charge on any atom is 0.408 e. The van der Waals surface area contributed by atoms with E-state index >= 15 is 4.39 Å². The molecule has 3 saturated heterocycles. The van der Waals surface area contributed by atoms with Gasteiger partial charge in [0.1, 0.15) is 23.9 Å². The Labute approximate surface area is 327 Å². The van der Waals surface area contributed by atoms with E-state index in [2.05, 4.69) is 20.8 Å². The molecule has 0 aromatic carbocycles. The van der Waals surface area contributed by atoms with E-state index in [1.165, 1.54) is 20.8 Å². The molecule has 13 atom stereocenters. The number of esters is 1. The fourth-order valence-electron chi connectivity index (χ4n) is 8.35. The summed E-state index contributed by atoms with van der Waals surface area (Å²) in [5.41, 5.74) is -5.82. The molecule has 4 rings (SSSR count). The Morgan fingerprint density at radius 1 is 1.18 bits per heavy atom. The highest BCUT2D eigenvalue weighted by atomic mass is 19.1. The molecule has 0 unspecified atom stereocenters. The van der Waals surface area contributed by atoms with Crippen LogP contribution >= 0.6 is 0 Å². The highest BCUT2D eigenvalue weighted by Gasteiger charge is 2.59. The molecule has 3 aliphatic heterocycles. The molecule has 0 aliphatic carbocycles. The van der Waals surface area contributed by atoms with Gasteiger partial charge in [-0.15, -0.1) is 0 Å². The minimum Gasteiger partial charge on any atom is -0.455 e. The van der Waals surface area contributed by atoms with Gasteiger partial charge in [-0.3, -0.25) is 9.78 Å². The van der Waals surface area contributed by atoms with Gasteiger partial charge in [0.25, 0.3) is 5.67 Å². The number of oxime groups is 1. The first kappa shape index (κ1) is 44.5. The van der Waals surface area contributed by atoms with Crippen molar-refractivity contribution in [1.82, 2.24) is 20.5 Å². The smallest absolute Gasteiger partial charge is 0.408 e. The quantitative estimate of drug-likeness (QED) is 0.0967. The predicted octanol–water partition coefficient (Wildman–Crippen LogP) is 4.02. The summed E-state index contributed by atoms with van der Waals surface area (Å²) >= 11 is 0. The summed E-state index contributed by atoms with van der Waals surface area (Å²) in [6.45, 7) is 11.9. The molecule has 16 nitrogen and oxygen atoms in total. The Morgan fingerprint density at radius 3 is 2.48 bits per heavy atom. The van der Waals surface area contributed by atoms with Gasteiger partial charge in [0.15, 0.2) is 17.7 Å². The summed E-state index contributed by atoms with van der Waals surface area (Å²) in [7, 11) is 3.56. The fourth-order valence-corrected chi connectivity index (χ4v) is 8.35. The van der Waals surface area contributed by atoms with Gasteiger partial charge in [-0.2, -0.15) is 0 Å². The molecule has 312 valence electrons. The van der Waals surface area contributed by atoms with Crippen LogP contribution in [0.25, 0.3) is 6.08 Å². The number of cyclic esters (lactones) is 1. The molecule has 0 bridgehead atoms. The van der Waals surface area contributed by atoms with Crippen LogP contribution in [0, 0.1) is 17.8 Å². The number of ether oxygens (including phenoxy) is 5. The maximum atomic E-state index is 16.8. The number of amides is 2. The number of nitrogens with one attached hydrogen (secondary N) is 2. The Bertz CT molecular complexity index is 1630. The highest BCUT2D eigenvalue weighted by Crippen LogP contribution is 2.41. The number of nitrogens with zero attached hydrogens (tertiary/aromatic N) is 3. The molecule has 56 heavy (non-hydrogen) atoms. The van der Waals surface area contributed by atoms with E-state index in [-0.39, 0.29) is 25.1 Å². The summed E-state index contributed by atoms with van der Waals surface area (Å²) < 4.78 is 46.9. The standard InChI is InChI=1S/C39H58FN5O11/c1-11-27-39(8)30(43-36(50)56-39)23(4)28(44-51)21(2)19-37(6,55-35(49)42-17-13-15-25-14-12-16-41-20-25)32(24(5)31(47)38(7,40)34(48)53-27)54-33-29(46)26(45(9)10)18-22(3)52-33/h12-16,20-24,26-27,29-30,32-33,46,51H,11,17-19H2,1-10H3,(H,42,49)(H,43,50)/b15-13+,44-28+/t21-,22-,23+,24+,26+,27-,29-,30-,32-,33+,37-,38+,39-/m1/s1. The topological polar surface area (TPSA) is 207 Å². The predicted molar refractivity (Wildman–Crippen MR) is 201 cm³/mol. The number of hydrogen-bond donors (Lipinski definition) is 4. The second-order valence-electron chi connectivity index (χ2n) is 16.0. The minimum atomic E-state index is -3.28. The average Bonchev–Trinajstić information content (AvgIpc) is 3.45. The van der Waals surface area contributed by atoms with Crippen LogP contribution in [0.4, 0.5) is 14.0 Å². The number of halogens is 1. The zero-order valence-electron chi connectivity index (χ0n) is 33.9. The number of carbonyl (C=O) groups excluding carboxylic acids is 4. The number of fused-ring (bicyclic) bond motifs is 1. The van der Waals surface area contributed by atoms with Crippen molar-refractivity contribution in [2.45, 2.75) is 134 Å². The second kappa shape index (κ2) is 17.9. The van der Waals surface area contributed by atoms with Crippen LogP contribution in [0.1, 0.15) is 80.2 Å². The molecule has 3 fully saturated rings. The van der Waals surface area contributed by atoms with Crippen molar-refractivity contribution in [3.05, 3.63) is 36.2 Å². The van der Waals surface area contributed by atoms with Crippen molar-refractivity contribution in [3.8, 4) is 0 Å². The first-order valence-electron chi connectivity index (χ1n) is 19.0. The van der Waals surface area contributed by atoms with E-state index in [1.54, 1.807) is 77.3 Å². The van der Waals surface area contributed by atoms with Crippen LogP contribution in [0.5, 0.6) is 0 Å². The Kier molecular flexibility index (Phi) is 14.3. The van der Waals surface area contributed by atoms with E-state index < -0.39 is 101 Å². The molecule has 0 saturated carbocycles. The summed E-state index contributed by atoms with van der Waals surface area (Å²) in [5.74, 6) is -5.92. The van der Waals surface area contributed by atoms with Gasteiger partial charge in [-0.05, 0) is 72.7 Å². The van der Waals surface area contributed by atoms with Gasteiger partial charge >= 0.3 is 18.2 Å². The first-order valence-corrected chi connectivity index (χ1v) is 19.0. The molecule has 4 N–H and O–H groups in total. The molecule has 4 heterocycles. The van der Waals surface area contributed by atoms with Crippen LogP contribution in [0.2, 0.25) is 0 Å². The number of pyridine rings is 1. The summed E-state index contributed by atoms with van der Waals surface area (Å²) in [4.78, 5) is 60.4. The normalized spacial score (nSPS) is 39.4. The monoisotopic (exact) mass is 791 g/mol. The highest BCUT2D eigenvalue weighted by molar-refractivity contribution is 6.08. The molecule has 1 aromatic rings. The third-order valence-electron chi connectivity index (χ3n) is 11.3. The number of likely N-dealkylation sites (N-methyl/N-ethyl adjacent to an activating group) is 1. The molecule has 17 heteroatoms. The Hall–Kier alpha value is -4.19. The Balaban J connectivity index is 1.84. The van der Waals surface area contributed by atoms with E-state index in [0.29, 0.717) is 6.42 Å². The van der Waals surface area contributed by atoms with Crippen molar-refractivity contribution in [3.63, 3.8) is 0 Å². The molecular formula is C39H58FN5O11. The number of aliphatic hydroxyl groups excluding tert-OH is 1. The number of alkyl halides is 1. The molecule has 1 aromatic heterocycles. The van der Waals surface area contributed by atoms with Crippen molar-refractivity contribution in [1.29, 1.82) is 0 Å². The number of ketones is 1. The summed E-state index contributed by atoms with van der Waals surface area (Å²) in [6.07, 6.45) is -0.705. The lowest BCUT2D eigenvalue weighted by Gasteiger charge is -2.47. The molecule has 0 spiro atoms. The number of alkyl carbamates (subject to hydrolysis) is 2. The van der Waals surface area contributed by atoms with Gasteiger partial charge in [-0.25, -0.2) is 18.8 Å². The van der Waals surface area contributed by atoms with Gasteiger partial charge in [-0.1, -0.05) is 51.1 Å². The van der Waals surface area contributed by atoms with Gasteiger partial charge in [0.05, 0.1) is 17.9 Å². The maximum absolute atomic E-state index is 16.8. The first-order chi connectivity index (χ1) is 26.2. The lowest BCUT2D eigenvalue weighted by atomic mass is 9.73. The number of carbonyl (C=O) groups is 4. The Morgan fingerprint density at radius 2 is 1.88 bits per heavy atom. The molecule has 3 aliphatic rings. The molecular weight excluding hydrogens is 733 g/mol. The molecule has 2 amide bonds. The van der Waals surface area contributed by atoms with Crippen molar-refractivity contribution < 1.29 is 57.6 Å². The number of aromatic nitrogens is 1. The number of Topliss-reactive ketones (excluding diaryl/α,β-unsaturated/α-hetero) is 1. The fraction of sp³-hybridized carbons (Fsp3) is 0.692. The van der Waals surface area contributed by atoms with Gasteiger partial charge < -0.3 is 49.5 Å². The second-order valence-corrected chi connectivity index (χ2v) is 16.0. The zero-order chi connectivity index (χ0) is 41.7. The van der Waals surface area contributed by atoms with Gasteiger partial charge in [0.2, 0.25) is 0 Å². The van der Waals surface area contributed by atoms with Gasteiger partial charge in [0, 0.05) is 42.7 Å². The lowest BCUT2D eigenvalue weighted by molar-refractivity contribution is -0.292. The van der Waals surface area contributed by atoms with Crippen molar-refractivity contribution in [2.24, 2.45) is 22.9 Å². The third-order valence-corrected chi connectivity index (χ3v) is 11.3. The minimum absolute atomic E-state index is 0.0131. The third kappa shape index (κ3) is 9.49. The molecule has 0 radical (unpaired) electrons. The largest absolute Gasteiger partial charge is 0.455 e. The van der Waals surface area contributed by atoms with E-state index in [0.717, 1.165) is 12.5 Å². The number of aliphatic hydroxyl groups is 1.